The largest absolute Gasteiger partial charge is 0.507 e. The van der Waals surface area contributed by atoms with Crippen LogP contribution in [0, 0.1) is 5.82 Å². The molecule has 2 aromatic carbocycles. The van der Waals surface area contributed by atoms with Crippen LogP contribution < -0.4 is 0 Å². The lowest BCUT2D eigenvalue weighted by Crippen LogP contribution is -1.86. The minimum Gasteiger partial charge on any atom is -0.507 e. The lowest BCUT2D eigenvalue weighted by Gasteiger charge is -2.08. The fourth-order valence-corrected chi connectivity index (χ4v) is 2.19. The molecular weight excluding hydrogens is 294 g/mol. The van der Waals surface area contributed by atoms with Crippen molar-refractivity contribution in [2.75, 3.05) is 0 Å². The van der Waals surface area contributed by atoms with E-state index in [4.69, 9.17) is 11.6 Å². The molecule has 0 aliphatic heterocycles. The highest BCUT2D eigenvalue weighted by Crippen LogP contribution is 2.37. The maximum Gasteiger partial charge on any atom is 0.132 e. The van der Waals surface area contributed by atoms with Crippen LogP contribution in [0.25, 0.3) is 11.1 Å². The maximum atomic E-state index is 13.6. The third kappa shape index (κ3) is 2.06. The van der Waals surface area contributed by atoms with Crippen molar-refractivity contribution in [1.29, 1.82) is 0 Å². The fourth-order valence-electron chi connectivity index (χ4n) is 1.47. The summed E-state index contributed by atoms with van der Waals surface area (Å²) in [7, 11) is 0. The molecule has 0 atom stereocenters. The average Bonchev–Trinajstić information content (AvgIpc) is 2.20. The summed E-state index contributed by atoms with van der Waals surface area (Å²) in [5.41, 5.74) is 0.742. The number of phenolic OH excluding ortho intramolecular Hbond substituents is 1. The van der Waals surface area contributed by atoms with E-state index in [9.17, 15) is 9.50 Å². The van der Waals surface area contributed by atoms with Gasteiger partial charge in [0.2, 0.25) is 0 Å². The molecular formula is C12H7BrClFO. The lowest BCUT2D eigenvalue weighted by atomic mass is 10.0. The predicted molar refractivity (Wildman–Crippen MR) is 66.2 cm³/mol. The summed E-state index contributed by atoms with van der Waals surface area (Å²) in [5.74, 6) is -0.440. The molecule has 16 heavy (non-hydrogen) atoms. The van der Waals surface area contributed by atoms with E-state index in [1.807, 2.05) is 0 Å². The Hall–Kier alpha value is -1.06. The van der Waals surface area contributed by atoms with Gasteiger partial charge in [-0.15, -0.1) is 0 Å². The summed E-state index contributed by atoms with van der Waals surface area (Å²) in [6.45, 7) is 0. The summed E-state index contributed by atoms with van der Waals surface area (Å²) >= 11 is 8.97. The van der Waals surface area contributed by atoms with Gasteiger partial charge in [0.25, 0.3) is 0 Å². The monoisotopic (exact) mass is 300 g/mol. The van der Waals surface area contributed by atoms with Crippen LogP contribution in [0.2, 0.25) is 5.02 Å². The van der Waals surface area contributed by atoms with Crippen LogP contribution in [0.3, 0.4) is 0 Å². The summed E-state index contributed by atoms with van der Waals surface area (Å²) in [4.78, 5) is 0. The molecule has 1 N–H and O–H groups in total. The minimum absolute atomic E-state index is 0.0432. The van der Waals surface area contributed by atoms with Crippen LogP contribution in [0.1, 0.15) is 0 Å². The molecule has 1 nitrogen and oxygen atoms in total. The van der Waals surface area contributed by atoms with E-state index < -0.39 is 5.82 Å². The molecule has 0 saturated carbocycles. The van der Waals surface area contributed by atoms with E-state index in [0.717, 1.165) is 0 Å². The van der Waals surface area contributed by atoms with Crippen LogP contribution in [-0.2, 0) is 0 Å². The molecule has 2 rings (SSSR count). The Kier molecular flexibility index (Phi) is 3.17. The van der Waals surface area contributed by atoms with Crippen LogP contribution >= 0.6 is 27.5 Å². The molecule has 0 aliphatic rings. The van der Waals surface area contributed by atoms with Crippen LogP contribution in [0.5, 0.6) is 5.75 Å². The van der Waals surface area contributed by atoms with Crippen molar-refractivity contribution in [1.82, 2.24) is 0 Å². The van der Waals surface area contributed by atoms with Gasteiger partial charge in [0.1, 0.15) is 11.6 Å². The van der Waals surface area contributed by atoms with E-state index in [1.165, 1.54) is 12.1 Å². The van der Waals surface area contributed by atoms with Crippen molar-refractivity contribution < 1.29 is 9.50 Å². The molecule has 0 radical (unpaired) electrons. The predicted octanol–water partition coefficient (Wildman–Crippen LogP) is 4.61. The summed E-state index contributed by atoms with van der Waals surface area (Å²) in [6.07, 6.45) is 0. The number of hydrogen-bond acceptors (Lipinski definition) is 1. The lowest BCUT2D eigenvalue weighted by molar-refractivity contribution is 0.476. The second-order valence-corrected chi connectivity index (χ2v) is 4.55. The number of halogens is 3. The van der Waals surface area contributed by atoms with Gasteiger partial charge < -0.3 is 5.11 Å². The van der Waals surface area contributed by atoms with Crippen molar-refractivity contribution in [3.8, 4) is 16.9 Å². The van der Waals surface area contributed by atoms with Crippen molar-refractivity contribution >= 4 is 27.5 Å². The highest BCUT2D eigenvalue weighted by Gasteiger charge is 2.12. The van der Waals surface area contributed by atoms with E-state index >= 15 is 0 Å². The Labute approximate surface area is 106 Å². The first-order valence-electron chi connectivity index (χ1n) is 4.52. The van der Waals surface area contributed by atoms with Crippen LogP contribution in [0.4, 0.5) is 4.39 Å². The summed E-state index contributed by atoms with van der Waals surface area (Å²) in [6, 6.07) is 9.22. The second-order valence-electron chi connectivity index (χ2n) is 3.26. The van der Waals surface area contributed by atoms with Gasteiger partial charge in [0.15, 0.2) is 0 Å². The van der Waals surface area contributed by atoms with Gasteiger partial charge >= 0.3 is 0 Å². The third-order valence-electron chi connectivity index (χ3n) is 2.19. The first-order chi connectivity index (χ1) is 7.59. The number of phenols is 1. The third-order valence-corrected chi connectivity index (χ3v) is 3.09. The topological polar surface area (TPSA) is 20.2 Å². The number of rotatable bonds is 1. The Bertz CT molecular complexity index is 522. The maximum absolute atomic E-state index is 13.6. The van der Waals surface area contributed by atoms with Crippen molar-refractivity contribution in [2.24, 2.45) is 0 Å². The minimum atomic E-state index is -0.396. The standard InChI is InChI=1S/C12H7BrClFO/c13-9-2-1-3-10(15)12(9)8-5-4-7(14)6-11(8)16/h1-6,16H. The second kappa shape index (κ2) is 4.44. The highest BCUT2D eigenvalue weighted by molar-refractivity contribution is 9.10. The highest BCUT2D eigenvalue weighted by atomic mass is 79.9. The molecule has 2 aromatic rings. The summed E-state index contributed by atoms with van der Waals surface area (Å²) < 4.78 is 14.2. The number of hydrogen-bond donors (Lipinski definition) is 1. The molecule has 0 fully saturated rings. The zero-order valence-corrected chi connectivity index (χ0v) is 10.4. The van der Waals surface area contributed by atoms with Gasteiger partial charge in [-0.25, -0.2) is 4.39 Å². The van der Waals surface area contributed by atoms with Crippen LogP contribution in [0.15, 0.2) is 40.9 Å². The molecule has 0 unspecified atom stereocenters. The Morgan fingerprint density at radius 2 is 1.94 bits per heavy atom. The molecule has 0 bridgehead atoms. The number of benzene rings is 2. The molecule has 0 heterocycles. The van der Waals surface area contributed by atoms with Crippen molar-refractivity contribution in [2.45, 2.75) is 0 Å². The zero-order valence-electron chi connectivity index (χ0n) is 8.05. The van der Waals surface area contributed by atoms with E-state index in [2.05, 4.69) is 15.9 Å². The van der Waals surface area contributed by atoms with Gasteiger partial charge in [-0.3, -0.25) is 0 Å². The molecule has 82 valence electrons. The van der Waals surface area contributed by atoms with Crippen molar-refractivity contribution in [3.05, 3.63) is 51.7 Å². The molecule has 0 saturated heterocycles. The zero-order chi connectivity index (χ0) is 11.7. The Balaban J connectivity index is 2.68. The molecule has 0 spiro atoms. The van der Waals surface area contributed by atoms with Gasteiger partial charge in [-0.05, 0) is 30.3 Å². The number of aromatic hydroxyl groups is 1. The Morgan fingerprint density at radius 3 is 2.56 bits per heavy atom. The smallest absolute Gasteiger partial charge is 0.132 e. The molecule has 0 amide bonds. The van der Waals surface area contributed by atoms with Gasteiger partial charge in [0.05, 0.1) is 0 Å². The van der Waals surface area contributed by atoms with Crippen LogP contribution in [-0.4, -0.2) is 5.11 Å². The molecule has 4 heteroatoms. The molecule has 0 aromatic heterocycles. The first kappa shape index (κ1) is 11.4. The van der Waals surface area contributed by atoms with Gasteiger partial charge in [-0.2, -0.15) is 0 Å². The van der Waals surface area contributed by atoms with Crippen molar-refractivity contribution in [3.63, 3.8) is 0 Å². The van der Waals surface area contributed by atoms with E-state index in [-0.39, 0.29) is 5.75 Å². The Morgan fingerprint density at radius 1 is 1.19 bits per heavy atom. The van der Waals surface area contributed by atoms with Gasteiger partial charge in [-0.1, -0.05) is 33.6 Å². The normalized spacial score (nSPS) is 10.4. The summed E-state index contributed by atoms with van der Waals surface area (Å²) in [5, 5.41) is 10.1. The first-order valence-corrected chi connectivity index (χ1v) is 5.69. The average molecular weight is 302 g/mol. The quantitative estimate of drug-likeness (QED) is 0.815. The van der Waals surface area contributed by atoms with E-state index in [1.54, 1.807) is 24.3 Å². The van der Waals surface area contributed by atoms with E-state index in [0.29, 0.717) is 20.6 Å². The van der Waals surface area contributed by atoms with Gasteiger partial charge in [0, 0.05) is 20.6 Å². The SMILES string of the molecule is Oc1cc(Cl)ccc1-c1c(F)cccc1Br. The fraction of sp³-hybridized carbons (Fsp3) is 0. The molecule has 0 aliphatic carbocycles.